The number of benzene rings is 5. The van der Waals surface area contributed by atoms with Crippen LogP contribution in [0.5, 0.6) is 0 Å². The van der Waals surface area contributed by atoms with Crippen molar-refractivity contribution in [2.24, 2.45) is 0 Å². The van der Waals surface area contributed by atoms with Gasteiger partial charge in [0.1, 0.15) is 6.29 Å². The van der Waals surface area contributed by atoms with Gasteiger partial charge in [-0.25, -0.2) is 0 Å². The van der Waals surface area contributed by atoms with Gasteiger partial charge in [-0.1, -0.05) is 152 Å². The zero-order chi connectivity index (χ0) is 26.8. The molecule has 4 nitrogen and oxygen atoms in total. The van der Waals surface area contributed by atoms with Crippen LogP contribution in [-0.2, 0) is 32.4 Å². The average molecular weight is 534 g/mol. The molecule has 0 fully saturated rings. The van der Waals surface area contributed by atoms with Crippen LogP contribution in [0.2, 0.25) is 0 Å². The Balaban J connectivity index is 1.52. The third-order valence-corrected chi connectivity index (χ3v) is 8.29. The Kier molecular flexibility index (Phi) is 8.82. The lowest BCUT2D eigenvalue weighted by atomic mass is 9.77. The van der Waals surface area contributed by atoms with Crippen molar-refractivity contribution in [3.8, 4) is 0 Å². The van der Waals surface area contributed by atoms with E-state index in [1.807, 2.05) is 115 Å². The first-order valence-corrected chi connectivity index (χ1v) is 14.8. The maximum absolute atomic E-state index is 14.4. The van der Waals surface area contributed by atoms with E-state index >= 15 is 0 Å². The molecule has 0 bridgehead atoms. The maximum Gasteiger partial charge on any atom is 0.345 e. The normalized spacial score (nSPS) is 11.8. The van der Waals surface area contributed by atoms with Crippen LogP contribution in [0.15, 0.2) is 152 Å². The van der Waals surface area contributed by atoms with Gasteiger partial charge in [0.15, 0.2) is 0 Å². The SMILES string of the molecule is O=P(CNC(c1ccccc1)(c1ccccc1)c1ccccc1)(OCc1ccccc1)OCc1ccccc1. The zero-order valence-electron chi connectivity index (χ0n) is 21.7. The van der Waals surface area contributed by atoms with Gasteiger partial charge in [-0.3, -0.25) is 9.88 Å². The minimum atomic E-state index is -3.62. The van der Waals surface area contributed by atoms with Crippen molar-refractivity contribution in [3.63, 3.8) is 0 Å². The molecule has 0 unspecified atom stereocenters. The predicted molar refractivity (Wildman–Crippen MR) is 157 cm³/mol. The lowest BCUT2D eigenvalue weighted by Crippen LogP contribution is -2.45. The van der Waals surface area contributed by atoms with Crippen molar-refractivity contribution < 1.29 is 13.6 Å². The third-order valence-electron chi connectivity index (χ3n) is 6.70. The van der Waals surface area contributed by atoms with Crippen LogP contribution in [0.25, 0.3) is 0 Å². The largest absolute Gasteiger partial charge is 0.345 e. The Labute approximate surface area is 230 Å². The highest BCUT2D eigenvalue weighted by molar-refractivity contribution is 7.53. The van der Waals surface area contributed by atoms with Crippen molar-refractivity contribution in [1.82, 2.24) is 5.32 Å². The van der Waals surface area contributed by atoms with Crippen LogP contribution in [0.3, 0.4) is 0 Å². The van der Waals surface area contributed by atoms with E-state index in [9.17, 15) is 4.57 Å². The van der Waals surface area contributed by atoms with E-state index in [1.165, 1.54) is 0 Å². The van der Waals surface area contributed by atoms with Gasteiger partial charge < -0.3 is 9.05 Å². The molecule has 1 N–H and O–H groups in total. The summed E-state index contributed by atoms with van der Waals surface area (Å²) in [5.74, 6) is 0. The Morgan fingerprint density at radius 2 is 0.795 bits per heavy atom. The fourth-order valence-electron chi connectivity index (χ4n) is 4.71. The van der Waals surface area contributed by atoms with E-state index in [4.69, 9.17) is 9.05 Å². The van der Waals surface area contributed by atoms with Crippen LogP contribution >= 0.6 is 7.60 Å². The molecule has 196 valence electrons. The molecule has 5 rings (SSSR count). The molecule has 0 amide bonds. The fraction of sp³-hybridized carbons (Fsp3) is 0.118. The summed E-state index contributed by atoms with van der Waals surface area (Å²) in [6.45, 7) is 0.368. The predicted octanol–water partition coefficient (Wildman–Crippen LogP) is 8.15. The summed E-state index contributed by atoms with van der Waals surface area (Å²) >= 11 is 0. The minimum Gasteiger partial charge on any atom is -0.303 e. The first kappa shape index (κ1) is 26.8. The van der Waals surface area contributed by atoms with Gasteiger partial charge in [-0.05, 0) is 27.8 Å². The number of rotatable bonds is 12. The van der Waals surface area contributed by atoms with Gasteiger partial charge >= 0.3 is 7.60 Å². The van der Waals surface area contributed by atoms with Crippen molar-refractivity contribution in [1.29, 1.82) is 0 Å². The van der Waals surface area contributed by atoms with E-state index in [-0.39, 0.29) is 19.5 Å². The molecule has 0 atom stereocenters. The highest BCUT2D eigenvalue weighted by Crippen LogP contribution is 2.50. The number of hydrogen-bond donors (Lipinski definition) is 1. The van der Waals surface area contributed by atoms with E-state index < -0.39 is 13.1 Å². The zero-order valence-corrected chi connectivity index (χ0v) is 22.6. The van der Waals surface area contributed by atoms with Crippen LogP contribution < -0.4 is 5.32 Å². The topological polar surface area (TPSA) is 47.6 Å². The highest BCUT2D eigenvalue weighted by atomic mass is 31.2. The lowest BCUT2D eigenvalue weighted by molar-refractivity contribution is 0.187. The minimum absolute atomic E-state index is 0.00531. The molecule has 0 spiro atoms. The monoisotopic (exact) mass is 533 g/mol. The van der Waals surface area contributed by atoms with Gasteiger partial charge in [0.05, 0.1) is 18.8 Å². The molecule has 0 aliphatic heterocycles. The molecule has 0 heterocycles. The quantitative estimate of drug-likeness (QED) is 0.130. The van der Waals surface area contributed by atoms with Gasteiger partial charge in [-0.15, -0.1) is 0 Å². The molecule has 0 saturated heterocycles. The molecule has 5 aromatic rings. The van der Waals surface area contributed by atoms with E-state index in [2.05, 4.69) is 41.7 Å². The smallest absolute Gasteiger partial charge is 0.303 e. The second-order valence-electron chi connectivity index (χ2n) is 9.31. The van der Waals surface area contributed by atoms with E-state index in [1.54, 1.807) is 0 Å². The first-order chi connectivity index (χ1) is 19.2. The lowest BCUT2D eigenvalue weighted by Gasteiger charge is -2.38. The maximum atomic E-state index is 14.4. The molecule has 0 aliphatic carbocycles. The van der Waals surface area contributed by atoms with Crippen LogP contribution in [0.1, 0.15) is 27.8 Å². The van der Waals surface area contributed by atoms with Crippen molar-refractivity contribution in [3.05, 3.63) is 179 Å². The second-order valence-corrected chi connectivity index (χ2v) is 11.4. The summed E-state index contributed by atoms with van der Waals surface area (Å²) in [7, 11) is -3.62. The molecule has 39 heavy (non-hydrogen) atoms. The summed E-state index contributed by atoms with van der Waals surface area (Å²) in [6, 6.07) is 50.2. The Hall–Kier alpha value is -3.79. The average Bonchev–Trinajstić information content (AvgIpc) is 3.02. The highest BCUT2D eigenvalue weighted by Gasteiger charge is 2.39. The molecule has 5 aromatic carbocycles. The summed E-state index contributed by atoms with van der Waals surface area (Å²) in [6.07, 6.45) is 0.00531. The van der Waals surface area contributed by atoms with Crippen LogP contribution in [0.4, 0.5) is 0 Å². The summed E-state index contributed by atoms with van der Waals surface area (Å²) < 4.78 is 26.6. The first-order valence-electron chi connectivity index (χ1n) is 13.1. The Bertz CT molecular complexity index is 1320. The van der Waals surface area contributed by atoms with Crippen molar-refractivity contribution in [2.45, 2.75) is 18.8 Å². The van der Waals surface area contributed by atoms with Gasteiger partial charge in [0, 0.05) is 0 Å². The molecule has 5 heteroatoms. The fourth-order valence-corrected chi connectivity index (χ4v) is 6.09. The van der Waals surface area contributed by atoms with Crippen molar-refractivity contribution in [2.75, 3.05) is 6.29 Å². The molecular formula is C34H32NO3P. The molecule has 0 aromatic heterocycles. The van der Waals surface area contributed by atoms with Crippen LogP contribution in [0, 0.1) is 0 Å². The van der Waals surface area contributed by atoms with Gasteiger partial charge in [0.25, 0.3) is 0 Å². The number of nitrogens with one attached hydrogen (secondary N) is 1. The summed E-state index contributed by atoms with van der Waals surface area (Å²) in [5.41, 5.74) is 4.16. The molecule has 0 aliphatic rings. The summed E-state index contributed by atoms with van der Waals surface area (Å²) in [4.78, 5) is 0. The molecular weight excluding hydrogens is 501 g/mol. The standard InChI is InChI=1S/C34H32NO3P/c36-39(37-26-29-16-6-1-7-17-29,38-27-30-18-8-2-9-19-30)28-35-34(31-20-10-3-11-21-31,32-22-12-4-13-23-32)33-24-14-5-15-25-33/h1-25,35H,26-28H2. The van der Waals surface area contributed by atoms with Crippen molar-refractivity contribution >= 4 is 7.60 Å². The van der Waals surface area contributed by atoms with Crippen LogP contribution in [-0.4, -0.2) is 6.29 Å². The third kappa shape index (κ3) is 6.62. The van der Waals surface area contributed by atoms with Gasteiger partial charge in [0.2, 0.25) is 0 Å². The Morgan fingerprint density at radius 1 is 0.487 bits per heavy atom. The Morgan fingerprint density at radius 3 is 1.13 bits per heavy atom. The van der Waals surface area contributed by atoms with E-state index in [0.29, 0.717) is 0 Å². The van der Waals surface area contributed by atoms with E-state index in [0.717, 1.165) is 27.8 Å². The number of hydrogen-bond acceptors (Lipinski definition) is 4. The second kappa shape index (κ2) is 12.8. The molecule has 0 radical (unpaired) electrons. The molecule has 0 saturated carbocycles. The van der Waals surface area contributed by atoms with Gasteiger partial charge in [-0.2, -0.15) is 0 Å². The summed E-state index contributed by atoms with van der Waals surface area (Å²) in [5, 5.41) is 3.68.